The topological polar surface area (TPSA) is 3.24 Å². The lowest BCUT2D eigenvalue weighted by Crippen LogP contribution is -2.10. The van der Waals surface area contributed by atoms with Gasteiger partial charge in [-0.3, -0.25) is 0 Å². The highest BCUT2D eigenvalue weighted by Crippen LogP contribution is 2.49. The highest BCUT2D eigenvalue weighted by molar-refractivity contribution is 7.26. The molecule has 9 aromatic carbocycles. The van der Waals surface area contributed by atoms with Crippen molar-refractivity contribution in [3.05, 3.63) is 212 Å². The second kappa shape index (κ2) is 14.1. The zero-order chi connectivity index (χ0) is 37.7. The first-order chi connectivity index (χ1) is 28.3. The molecule has 11 aromatic rings. The minimum absolute atomic E-state index is 1.12. The third-order valence-corrected chi connectivity index (χ3v) is 13.5. The molecule has 0 amide bonds. The Hall–Kier alpha value is -6.78. The normalized spacial score (nSPS) is 11.5. The molecular weight excluding hydrogens is 727 g/mol. The lowest BCUT2D eigenvalue weighted by molar-refractivity contribution is 1.30. The number of fused-ring (bicyclic) bond motifs is 6. The Bertz CT molecular complexity index is 3200. The van der Waals surface area contributed by atoms with Crippen molar-refractivity contribution in [1.82, 2.24) is 0 Å². The third-order valence-electron chi connectivity index (χ3n) is 11.1. The second-order valence-corrected chi connectivity index (χ2v) is 16.6. The number of hydrogen-bond acceptors (Lipinski definition) is 3. The van der Waals surface area contributed by atoms with Crippen LogP contribution in [-0.2, 0) is 0 Å². The van der Waals surface area contributed by atoms with Gasteiger partial charge in [-0.1, -0.05) is 164 Å². The molecule has 0 fully saturated rings. The van der Waals surface area contributed by atoms with E-state index in [0.717, 1.165) is 11.4 Å². The Morgan fingerprint density at radius 2 is 0.807 bits per heavy atom. The molecule has 11 rings (SSSR count). The van der Waals surface area contributed by atoms with Crippen molar-refractivity contribution in [3.63, 3.8) is 0 Å². The quantitative estimate of drug-likeness (QED) is 0.156. The van der Waals surface area contributed by atoms with Crippen molar-refractivity contribution < 1.29 is 0 Å². The maximum Gasteiger partial charge on any atom is 0.0640 e. The van der Waals surface area contributed by atoms with Gasteiger partial charge in [-0.25, -0.2) is 0 Å². The summed E-state index contributed by atoms with van der Waals surface area (Å²) in [4.78, 5) is 2.44. The smallest absolute Gasteiger partial charge is 0.0640 e. The predicted molar refractivity (Wildman–Crippen MR) is 249 cm³/mol. The summed E-state index contributed by atoms with van der Waals surface area (Å²) in [5.41, 5.74) is 13.3. The summed E-state index contributed by atoms with van der Waals surface area (Å²) in [6.07, 6.45) is 0. The lowest BCUT2D eigenvalue weighted by Gasteiger charge is -2.27. The van der Waals surface area contributed by atoms with Gasteiger partial charge in [-0.2, -0.15) is 0 Å². The van der Waals surface area contributed by atoms with Crippen LogP contribution in [0.15, 0.2) is 212 Å². The van der Waals surface area contributed by atoms with Gasteiger partial charge in [0, 0.05) is 47.0 Å². The van der Waals surface area contributed by atoms with E-state index in [-0.39, 0.29) is 0 Å². The van der Waals surface area contributed by atoms with Gasteiger partial charge >= 0.3 is 0 Å². The first-order valence-corrected chi connectivity index (χ1v) is 21.0. The van der Waals surface area contributed by atoms with Gasteiger partial charge in [0.15, 0.2) is 0 Å². The van der Waals surface area contributed by atoms with E-state index in [4.69, 9.17) is 0 Å². The summed E-state index contributed by atoms with van der Waals surface area (Å²) in [6, 6.07) is 77.4. The van der Waals surface area contributed by atoms with E-state index in [1.54, 1.807) is 0 Å². The fraction of sp³-hybridized carbons (Fsp3) is 0. The Morgan fingerprint density at radius 3 is 1.49 bits per heavy atom. The van der Waals surface area contributed by atoms with E-state index in [0.29, 0.717) is 0 Å². The van der Waals surface area contributed by atoms with Crippen LogP contribution < -0.4 is 4.90 Å². The first-order valence-electron chi connectivity index (χ1n) is 19.3. The van der Waals surface area contributed by atoms with Gasteiger partial charge in [0.25, 0.3) is 0 Å². The summed E-state index contributed by atoms with van der Waals surface area (Å²) in [5.74, 6) is 0. The van der Waals surface area contributed by atoms with Gasteiger partial charge in [0.2, 0.25) is 0 Å². The minimum atomic E-state index is 1.12. The average Bonchev–Trinajstić information content (AvgIpc) is 3.87. The number of nitrogens with zero attached hydrogens (tertiary/aromatic N) is 1. The number of thiophene rings is 2. The third kappa shape index (κ3) is 5.91. The average molecular weight is 762 g/mol. The van der Waals surface area contributed by atoms with Gasteiger partial charge in [0.05, 0.1) is 10.4 Å². The lowest BCUT2D eigenvalue weighted by atomic mass is 9.98. The molecule has 1 nitrogen and oxygen atoms in total. The van der Waals surface area contributed by atoms with Crippen LogP contribution in [0.1, 0.15) is 0 Å². The van der Waals surface area contributed by atoms with E-state index >= 15 is 0 Å². The number of anilines is 3. The van der Waals surface area contributed by atoms with Crippen LogP contribution in [0.4, 0.5) is 17.1 Å². The van der Waals surface area contributed by atoms with Gasteiger partial charge in [0.1, 0.15) is 0 Å². The van der Waals surface area contributed by atoms with Crippen molar-refractivity contribution in [3.8, 4) is 44.5 Å². The Balaban J connectivity index is 1.05. The number of hydrogen-bond donors (Lipinski definition) is 0. The summed E-state index contributed by atoms with van der Waals surface area (Å²) < 4.78 is 5.22. The molecule has 0 spiro atoms. The van der Waals surface area contributed by atoms with Crippen molar-refractivity contribution in [2.45, 2.75) is 0 Å². The molecule has 268 valence electrons. The Kier molecular flexibility index (Phi) is 8.28. The molecule has 2 aromatic heterocycles. The SMILES string of the molecule is c1ccc(-c2ccc(N(c3ccc(-c4ccc5sc6c(-c7ccccc7)cccc6c5c4)cc3)c3ccc(-c4ccccc4)c4c3sc3ccccc34)cc2)cc1. The Labute approximate surface area is 340 Å². The van der Waals surface area contributed by atoms with Gasteiger partial charge < -0.3 is 4.90 Å². The molecule has 0 saturated heterocycles. The first kappa shape index (κ1) is 33.5. The minimum Gasteiger partial charge on any atom is -0.309 e. The van der Waals surface area contributed by atoms with Crippen LogP contribution >= 0.6 is 22.7 Å². The molecular formula is C54H35NS2. The maximum atomic E-state index is 2.44. The molecule has 0 bridgehead atoms. The largest absolute Gasteiger partial charge is 0.309 e. The van der Waals surface area contributed by atoms with Crippen molar-refractivity contribution in [2.75, 3.05) is 4.90 Å². The molecule has 0 atom stereocenters. The molecule has 0 aliphatic heterocycles. The van der Waals surface area contributed by atoms with E-state index < -0.39 is 0 Å². The zero-order valence-electron chi connectivity index (χ0n) is 31.0. The molecule has 0 aliphatic carbocycles. The van der Waals surface area contributed by atoms with Gasteiger partial charge in [-0.15, -0.1) is 22.7 Å². The van der Waals surface area contributed by atoms with Gasteiger partial charge in [-0.05, 0) is 93.0 Å². The van der Waals surface area contributed by atoms with E-state index in [1.807, 2.05) is 22.7 Å². The van der Waals surface area contributed by atoms with Crippen molar-refractivity contribution in [1.29, 1.82) is 0 Å². The van der Waals surface area contributed by atoms with Crippen LogP contribution in [0, 0.1) is 0 Å². The standard InChI is InChI=1S/C54H35NS2/c1-4-13-36(14-5-1)37-23-28-42(29-24-37)55(49-33-32-44(39-15-6-2-7-16-39)52-47-19-10-11-22-50(47)57-54(49)52)43-30-25-38(26-31-43)41-27-34-51-48(35-41)46-21-12-20-45(53(46)56-51)40-17-8-3-9-18-40/h1-35H. The molecule has 57 heavy (non-hydrogen) atoms. The molecule has 0 N–H and O–H groups in total. The molecule has 0 radical (unpaired) electrons. The van der Waals surface area contributed by atoms with E-state index in [2.05, 4.69) is 217 Å². The number of benzene rings is 9. The molecule has 2 heterocycles. The van der Waals surface area contributed by atoms with E-state index in [1.165, 1.54) is 90.5 Å². The second-order valence-electron chi connectivity index (χ2n) is 14.5. The summed E-state index contributed by atoms with van der Waals surface area (Å²) in [6.45, 7) is 0. The van der Waals surface area contributed by atoms with Crippen molar-refractivity contribution in [2.24, 2.45) is 0 Å². The van der Waals surface area contributed by atoms with Crippen LogP contribution in [-0.4, -0.2) is 0 Å². The predicted octanol–water partition coefficient (Wildman–Crippen LogP) is 16.6. The molecule has 0 aliphatic rings. The summed E-state index contributed by atoms with van der Waals surface area (Å²) in [5, 5.41) is 5.21. The highest BCUT2D eigenvalue weighted by atomic mass is 32.1. The van der Waals surface area contributed by atoms with Crippen LogP contribution in [0.3, 0.4) is 0 Å². The summed E-state index contributed by atoms with van der Waals surface area (Å²) >= 11 is 3.76. The molecule has 3 heteroatoms. The number of rotatable bonds is 7. The highest BCUT2D eigenvalue weighted by Gasteiger charge is 2.21. The van der Waals surface area contributed by atoms with Crippen LogP contribution in [0.2, 0.25) is 0 Å². The fourth-order valence-corrected chi connectivity index (χ4v) is 10.8. The van der Waals surface area contributed by atoms with Crippen molar-refractivity contribution >= 4 is 80.1 Å². The zero-order valence-corrected chi connectivity index (χ0v) is 32.6. The Morgan fingerprint density at radius 1 is 0.298 bits per heavy atom. The maximum absolute atomic E-state index is 2.44. The molecule has 0 unspecified atom stereocenters. The summed E-state index contributed by atoms with van der Waals surface area (Å²) in [7, 11) is 0. The van der Waals surface area contributed by atoms with E-state index in [9.17, 15) is 0 Å². The van der Waals surface area contributed by atoms with Crippen LogP contribution in [0.5, 0.6) is 0 Å². The molecule has 0 saturated carbocycles. The monoisotopic (exact) mass is 761 g/mol. The van der Waals surface area contributed by atoms with Crippen LogP contribution in [0.25, 0.3) is 84.9 Å². The fourth-order valence-electron chi connectivity index (χ4n) is 8.34.